The highest BCUT2D eigenvalue weighted by Gasteiger charge is 2.33. The van der Waals surface area contributed by atoms with Gasteiger partial charge in [-0.2, -0.15) is 10.5 Å². The number of rotatable bonds is 8. The van der Waals surface area contributed by atoms with Crippen LogP contribution in [-0.2, 0) is 4.79 Å². The van der Waals surface area contributed by atoms with E-state index in [1.165, 1.54) is 0 Å². The van der Waals surface area contributed by atoms with Gasteiger partial charge in [-0.05, 0) is 56.3 Å². The van der Waals surface area contributed by atoms with Crippen molar-refractivity contribution in [3.63, 3.8) is 0 Å². The highest BCUT2D eigenvalue weighted by Crippen LogP contribution is 2.33. The van der Waals surface area contributed by atoms with Crippen molar-refractivity contribution in [2.24, 2.45) is 11.8 Å². The molecule has 1 aliphatic carbocycles. The number of nitrogens with one attached hydrogen (secondary N) is 4. The van der Waals surface area contributed by atoms with Crippen LogP contribution in [0.4, 0.5) is 0 Å². The molecule has 2 aromatic rings. The van der Waals surface area contributed by atoms with Crippen molar-refractivity contribution < 1.29 is 14.7 Å². The summed E-state index contributed by atoms with van der Waals surface area (Å²) < 4.78 is 0. The molecule has 1 aliphatic heterocycles. The van der Waals surface area contributed by atoms with Gasteiger partial charge in [-0.25, -0.2) is 0 Å². The molecule has 2 aliphatic rings. The van der Waals surface area contributed by atoms with Gasteiger partial charge in [0, 0.05) is 16.8 Å². The smallest absolute Gasteiger partial charge is 0.268 e. The predicted molar refractivity (Wildman–Crippen MR) is 121 cm³/mol. The van der Waals surface area contributed by atoms with E-state index in [1.807, 2.05) is 0 Å². The van der Waals surface area contributed by atoms with Crippen molar-refractivity contribution in [3.05, 3.63) is 35.5 Å². The Labute approximate surface area is 192 Å². The molecule has 9 nitrogen and oxygen atoms in total. The minimum Gasteiger partial charge on any atom is -0.378 e. The van der Waals surface area contributed by atoms with Gasteiger partial charge >= 0.3 is 0 Å². The normalized spacial score (nSPS) is 22.0. The molecule has 1 saturated carbocycles. The average molecular weight is 449 g/mol. The van der Waals surface area contributed by atoms with Crippen molar-refractivity contribution in [3.8, 4) is 12.1 Å². The quantitative estimate of drug-likeness (QED) is 0.414. The van der Waals surface area contributed by atoms with Gasteiger partial charge in [0.25, 0.3) is 5.91 Å². The van der Waals surface area contributed by atoms with E-state index in [0.29, 0.717) is 35.5 Å². The van der Waals surface area contributed by atoms with Gasteiger partial charge in [-0.1, -0.05) is 18.9 Å². The van der Waals surface area contributed by atoms with Crippen LogP contribution in [0.25, 0.3) is 10.9 Å². The van der Waals surface area contributed by atoms with Gasteiger partial charge in [-0.15, -0.1) is 0 Å². The Morgan fingerprint density at radius 1 is 1.15 bits per heavy atom. The molecule has 4 rings (SSSR count). The maximum absolute atomic E-state index is 13.0. The third kappa shape index (κ3) is 5.70. The zero-order valence-corrected chi connectivity index (χ0v) is 18.3. The molecule has 1 saturated heterocycles. The van der Waals surface area contributed by atoms with Crippen LogP contribution in [0, 0.1) is 34.5 Å². The molecule has 0 spiro atoms. The molecule has 33 heavy (non-hydrogen) atoms. The lowest BCUT2D eigenvalue weighted by molar-refractivity contribution is -0.123. The van der Waals surface area contributed by atoms with Crippen molar-refractivity contribution >= 4 is 22.7 Å². The Bertz CT molecular complexity index is 1110. The molecule has 2 fully saturated rings. The molecular weight excluding hydrogens is 420 g/mol. The van der Waals surface area contributed by atoms with Gasteiger partial charge in [0.1, 0.15) is 24.0 Å². The molecule has 2 heterocycles. The minimum atomic E-state index is -0.753. The van der Waals surface area contributed by atoms with E-state index in [1.54, 1.807) is 24.3 Å². The molecular formula is C24H28N6O3. The highest BCUT2D eigenvalue weighted by atomic mass is 16.3. The fourth-order valence-corrected chi connectivity index (χ4v) is 4.38. The van der Waals surface area contributed by atoms with Gasteiger partial charge in [-0.3, -0.25) is 14.9 Å². The molecule has 172 valence electrons. The molecule has 1 aromatic carbocycles. The first-order chi connectivity index (χ1) is 16.0. The number of piperidine rings is 1. The second-order valence-corrected chi connectivity index (χ2v) is 9.03. The summed E-state index contributed by atoms with van der Waals surface area (Å²) in [6.45, 7) is 0.738. The molecule has 4 atom stereocenters. The van der Waals surface area contributed by atoms with Gasteiger partial charge in [0.05, 0.1) is 17.7 Å². The fourth-order valence-electron chi connectivity index (χ4n) is 4.38. The first kappa shape index (κ1) is 22.8. The first-order valence-corrected chi connectivity index (χ1v) is 11.4. The molecule has 4 unspecified atom stereocenters. The molecule has 2 amide bonds. The standard InChI is InChI=1S/C24H28N6O3/c25-12-15-5-6-16-11-21(29-19(16)9-15)24(33)30-20(8-14-3-4-14)23(32)28-18(13-26)10-17-2-1-7-27-22(17)31/h5-6,9,11,14,17-18,20,22,27,29,31H,1-4,7-8,10H2,(H,28,32)(H,30,33). The maximum Gasteiger partial charge on any atom is 0.268 e. The summed E-state index contributed by atoms with van der Waals surface area (Å²) in [5.41, 5.74) is 1.47. The van der Waals surface area contributed by atoms with Crippen LogP contribution in [-0.4, -0.2) is 46.8 Å². The largest absolute Gasteiger partial charge is 0.378 e. The number of amides is 2. The summed E-state index contributed by atoms with van der Waals surface area (Å²) >= 11 is 0. The van der Waals surface area contributed by atoms with Crippen LogP contribution in [0.2, 0.25) is 0 Å². The van der Waals surface area contributed by atoms with Crippen LogP contribution in [0.1, 0.15) is 54.6 Å². The predicted octanol–water partition coefficient (Wildman–Crippen LogP) is 1.65. The number of hydrogen-bond acceptors (Lipinski definition) is 6. The number of aliphatic hydroxyl groups is 1. The third-order valence-corrected chi connectivity index (χ3v) is 6.45. The van der Waals surface area contributed by atoms with E-state index in [0.717, 1.165) is 37.6 Å². The molecule has 9 heteroatoms. The molecule has 5 N–H and O–H groups in total. The third-order valence-electron chi connectivity index (χ3n) is 6.45. The second-order valence-electron chi connectivity index (χ2n) is 9.03. The average Bonchev–Trinajstić information content (AvgIpc) is 3.53. The van der Waals surface area contributed by atoms with Crippen LogP contribution in [0.5, 0.6) is 0 Å². The van der Waals surface area contributed by atoms with Crippen LogP contribution < -0.4 is 16.0 Å². The van der Waals surface area contributed by atoms with Gasteiger partial charge < -0.3 is 20.7 Å². The lowest BCUT2D eigenvalue weighted by Gasteiger charge is -2.30. The number of aromatic nitrogens is 1. The summed E-state index contributed by atoms with van der Waals surface area (Å²) in [4.78, 5) is 28.9. The number of aliphatic hydroxyl groups excluding tert-OH is 1. The second kappa shape index (κ2) is 10.0. The number of carbonyl (C=O) groups is 2. The van der Waals surface area contributed by atoms with Gasteiger partial charge in [0.2, 0.25) is 5.91 Å². The highest BCUT2D eigenvalue weighted by molar-refractivity contribution is 6.00. The Morgan fingerprint density at radius 3 is 2.67 bits per heavy atom. The molecule has 0 radical (unpaired) electrons. The zero-order valence-electron chi connectivity index (χ0n) is 18.3. The summed E-state index contributed by atoms with van der Waals surface area (Å²) in [5, 5.41) is 38.1. The summed E-state index contributed by atoms with van der Waals surface area (Å²) in [7, 11) is 0. The van der Waals surface area contributed by atoms with Crippen molar-refractivity contribution in [1.82, 2.24) is 20.9 Å². The fraction of sp³-hybridized carbons (Fsp3) is 0.500. The van der Waals surface area contributed by atoms with E-state index in [-0.39, 0.29) is 11.8 Å². The Kier molecular flexibility index (Phi) is 6.93. The lowest BCUT2D eigenvalue weighted by atomic mass is 9.91. The molecule has 1 aromatic heterocycles. The Morgan fingerprint density at radius 2 is 1.97 bits per heavy atom. The monoisotopic (exact) mass is 448 g/mol. The van der Waals surface area contributed by atoms with Crippen LogP contribution >= 0.6 is 0 Å². The SMILES string of the molecule is N#Cc1ccc2cc(C(=O)NC(CC3CC3)C(=O)NC(C#N)CC3CCCNC3O)[nH]c2c1. The maximum atomic E-state index is 13.0. The van der Waals surface area contributed by atoms with E-state index in [9.17, 15) is 20.0 Å². The van der Waals surface area contributed by atoms with E-state index < -0.39 is 24.2 Å². The van der Waals surface area contributed by atoms with E-state index in [4.69, 9.17) is 5.26 Å². The lowest BCUT2D eigenvalue weighted by Crippen LogP contribution is -2.51. The topological polar surface area (TPSA) is 154 Å². The summed E-state index contributed by atoms with van der Waals surface area (Å²) in [6.07, 6.45) is 3.92. The number of aromatic amines is 1. The van der Waals surface area contributed by atoms with Crippen LogP contribution in [0.3, 0.4) is 0 Å². The summed E-state index contributed by atoms with van der Waals surface area (Å²) in [6, 6.07) is 9.50. The first-order valence-electron chi connectivity index (χ1n) is 11.4. The van der Waals surface area contributed by atoms with Crippen LogP contribution in [0.15, 0.2) is 24.3 Å². The molecule has 0 bridgehead atoms. The van der Waals surface area contributed by atoms with E-state index >= 15 is 0 Å². The Hall–Kier alpha value is -3.40. The number of hydrogen-bond donors (Lipinski definition) is 5. The zero-order chi connectivity index (χ0) is 23.4. The number of nitrogens with zero attached hydrogens (tertiary/aromatic N) is 2. The number of carbonyl (C=O) groups excluding carboxylic acids is 2. The Balaban J connectivity index is 1.42. The summed E-state index contributed by atoms with van der Waals surface area (Å²) in [5.74, 6) is -0.523. The number of benzene rings is 1. The van der Waals surface area contributed by atoms with Crippen molar-refractivity contribution in [2.75, 3.05) is 6.54 Å². The van der Waals surface area contributed by atoms with Crippen molar-refractivity contribution in [2.45, 2.75) is 56.8 Å². The van der Waals surface area contributed by atoms with E-state index in [2.05, 4.69) is 33.1 Å². The number of nitriles is 2. The number of H-pyrrole nitrogens is 1. The van der Waals surface area contributed by atoms with Gasteiger partial charge in [0.15, 0.2) is 0 Å². The van der Waals surface area contributed by atoms with Crippen molar-refractivity contribution in [1.29, 1.82) is 10.5 Å². The minimum absolute atomic E-state index is 0.107. The number of fused-ring (bicyclic) bond motifs is 1.